The van der Waals surface area contributed by atoms with Crippen molar-refractivity contribution in [2.24, 2.45) is 5.92 Å². The van der Waals surface area contributed by atoms with Gasteiger partial charge in [-0.2, -0.15) is 4.31 Å². The molecule has 0 spiro atoms. The minimum Gasteiger partial charge on any atom is -0.386 e. The Labute approximate surface area is 240 Å². The summed E-state index contributed by atoms with van der Waals surface area (Å²) in [6.07, 6.45) is 5.73. The first kappa shape index (κ1) is 31.2. The normalized spacial score (nSPS) is 18.8. The first-order valence-electron chi connectivity index (χ1n) is 14.2. The predicted octanol–water partition coefficient (Wildman–Crippen LogP) is 4.37. The van der Waals surface area contributed by atoms with Crippen LogP contribution in [-0.2, 0) is 36.9 Å². The van der Waals surface area contributed by atoms with Gasteiger partial charge in [0.05, 0.1) is 23.7 Å². The molecular weight excluding hydrogens is 550 g/mol. The van der Waals surface area contributed by atoms with Crippen molar-refractivity contribution in [1.29, 1.82) is 0 Å². The van der Waals surface area contributed by atoms with Crippen molar-refractivity contribution in [1.82, 2.24) is 13.6 Å². The molecule has 2 aliphatic rings. The number of nitrogens with zero attached hydrogens (tertiary/aromatic N) is 2. The molecule has 4 rings (SSSR count). The van der Waals surface area contributed by atoms with Crippen LogP contribution in [-0.4, -0.2) is 62.7 Å². The van der Waals surface area contributed by atoms with E-state index in [4.69, 9.17) is 4.74 Å². The summed E-state index contributed by atoms with van der Waals surface area (Å²) >= 11 is 0. The summed E-state index contributed by atoms with van der Waals surface area (Å²) in [7, 11) is -7.69. The SMILES string of the molecule is Cc1c(S(=O)(=O)N2CCOCC2)cc(-c2ccc(S(=O)(=O)NC(C)(C)C)c(C(C)(C)O)c2)n1CC1CCCCC1. The Morgan fingerprint density at radius 3 is 2.15 bits per heavy atom. The number of ether oxygens (including phenoxy) is 1. The highest BCUT2D eigenvalue weighted by molar-refractivity contribution is 7.89. The van der Waals surface area contributed by atoms with Gasteiger partial charge in [-0.05, 0) is 84.1 Å². The molecule has 1 saturated heterocycles. The maximum absolute atomic E-state index is 13.8. The van der Waals surface area contributed by atoms with E-state index in [0.29, 0.717) is 55.7 Å². The van der Waals surface area contributed by atoms with E-state index in [-0.39, 0.29) is 15.4 Å². The molecule has 1 aliphatic heterocycles. The fourth-order valence-corrected chi connectivity index (χ4v) is 9.18. The van der Waals surface area contributed by atoms with Gasteiger partial charge >= 0.3 is 0 Å². The van der Waals surface area contributed by atoms with E-state index in [1.54, 1.807) is 52.8 Å². The molecule has 224 valence electrons. The summed E-state index contributed by atoms with van der Waals surface area (Å²) in [6, 6.07) is 6.63. The molecule has 9 nitrogen and oxygen atoms in total. The van der Waals surface area contributed by atoms with E-state index < -0.39 is 31.2 Å². The van der Waals surface area contributed by atoms with Gasteiger partial charge in [0.2, 0.25) is 20.0 Å². The highest BCUT2D eigenvalue weighted by Gasteiger charge is 2.34. The Morgan fingerprint density at radius 2 is 1.57 bits per heavy atom. The molecule has 0 bridgehead atoms. The van der Waals surface area contributed by atoms with Crippen LogP contribution in [0.1, 0.15) is 78.0 Å². The smallest absolute Gasteiger partial charge is 0.245 e. The zero-order valence-electron chi connectivity index (χ0n) is 24.7. The van der Waals surface area contributed by atoms with Gasteiger partial charge in [-0.1, -0.05) is 25.3 Å². The van der Waals surface area contributed by atoms with E-state index in [1.165, 1.54) is 16.8 Å². The van der Waals surface area contributed by atoms with E-state index >= 15 is 0 Å². The van der Waals surface area contributed by atoms with Gasteiger partial charge in [-0.3, -0.25) is 0 Å². The number of hydrogen-bond donors (Lipinski definition) is 2. The van der Waals surface area contributed by atoms with Crippen molar-refractivity contribution < 1.29 is 26.7 Å². The Hall–Kier alpha value is -1.76. The van der Waals surface area contributed by atoms with Crippen LogP contribution in [0.4, 0.5) is 0 Å². The Balaban J connectivity index is 1.87. The maximum Gasteiger partial charge on any atom is 0.245 e. The van der Waals surface area contributed by atoms with Crippen molar-refractivity contribution >= 4 is 20.0 Å². The predicted molar refractivity (Wildman–Crippen MR) is 156 cm³/mol. The molecular formula is C29H45N3O6S2. The molecule has 1 aliphatic carbocycles. The van der Waals surface area contributed by atoms with Crippen LogP contribution in [0.2, 0.25) is 0 Å². The van der Waals surface area contributed by atoms with Gasteiger partial charge < -0.3 is 14.4 Å². The molecule has 0 radical (unpaired) electrons. The standard InChI is InChI=1S/C29H45N3O6S2/c1-21-27(40(36,37)31-14-16-38-17-15-31)19-25(32(21)20-22-10-8-7-9-11-22)23-12-13-26(24(18-23)29(5,6)33)39(34,35)30-28(2,3)4/h12-13,18-19,22,30,33H,7-11,14-17,20H2,1-6H3. The summed E-state index contributed by atoms with van der Waals surface area (Å²) in [6.45, 7) is 12.3. The quantitative estimate of drug-likeness (QED) is 0.468. The van der Waals surface area contributed by atoms with E-state index in [1.807, 2.05) is 6.92 Å². The number of hydrogen-bond acceptors (Lipinski definition) is 6. The number of sulfonamides is 2. The van der Waals surface area contributed by atoms with Gasteiger partial charge in [0.15, 0.2) is 0 Å². The Bertz CT molecular complexity index is 1420. The van der Waals surface area contributed by atoms with Crippen LogP contribution in [0, 0.1) is 12.8 Å². The molecule has 1 saturated carbocycles. The zero-order valence-corrected chi connectivity index (χ0v) is 26.3. The lowest BCUT2D eigenvalue weighted by Crippen LogP contribution is -2.41. The molecule has 2 N–H and O–H groups in total. The monoisotopic (exact) mass is 595 g/mol. The van der Waals surface area contributed by atoms with E-state index in [0.717, 1.165) is 25.7 Å². The maximum atomic E-state index is 13.8. The van der Waals surface area contributed by atoms with Crippen LogP contribution < -0.4 is 4.72 Å². The lowest BCUT2D eigenvalue weighted by molar-refractivity contribution is 0.0730. The molecule has 40 heavy (non-hydrogen) atoms. The summed E-state index contributed by atoms with van der Waals surface area (Å²) in [4.78, 5) is 0.262. The van der Waals surface area contributed by atoms with Gasteiger partial charge in [0, 0.05) is 42.1 Å². The number of aliphatic hydroxyl groups is 1. The fraction of sp³-hybridized carbons (Fsp3) is 0.655. The molecule has 11 heteroatoms. The van der Waals surface area contributed by atoms with Crippen molar-refractivity contribution in [2.45, 2.75) is 101 Å². The fourth-order valence-electron chi connectivity index (χ4n) is 5.77. The minimum absolute atomic E-state index is 0.00180. The third-order valence-electron chi connectivity index (χ3n) is 7.74. The lowest BCUT2D eigenvalue weighted by atomic mass is 9.89. The van der Waals surface area contributed by atoms with Crippen LogP contribution in [0.3, 0.4) is 0 Å². The highest BCUT2D eigenvalue weighted by atomic mass is 32.2. The topological polar surface area (TPSA) is 118 Å². The molecule has 1 aromatic heterocycles. The lowest BCUT2D eigenvalue weighted by Gasteiger charge is -2.27. The van der Waals surface area contributed by atoms with Gasteiger partial charge in [0.1, 0.15) is 4.90 Å². The van der Waals surface area contributed by atoms with Crippen LogP contribution in [0.5, 0.6) is 0 Å². The van der Waals surface area contributed by atoms with Gasteiger partial charge in [-0.15, -0.1) is 0 Å². The summed E-state index contributed by atoms with van der Waals surface area (Å²) in [5.41, 5.74) is 0.118. The largest absolute Gasteiger partial charge is 0.386 e. The van der Waals surface area contributed by atoms with Gasteiger partial charge in [0.25, 0.3) is 0 Å². The average molecular weight is 596 g/mol. The molecule has 0 atom stereocenters. The summed E-state index contributed by atoms with van der Waals surface area (Å²) < 4.78 is 65.8. The van der Waals surface area contributed by atoms with Crippen LogP contribution in [0.25, 0.3) is 11.3 Å². The molecule has 1 aromatic carbocycles. The summed E-state index contributed by atoms with van der Waals surface area (Å²) in [5, 5.41) is 11.1. The first-order valence-corrected chi connectivity index (χ1v) is 17.1. The summed E-state index contributed by atoms with van der Waals surface area (Å²) in [5.74, 6) is 0.432. The third kappa shape index (κ3) is 6.82. The average Bonchev–Trinajstić information content (AvgIpc) is 3.19. The van der Waals surface area contributed by atoms with Crippen LogP contribution >= 0.6 is 0 Å². The second-order valence-electron chi connectivity index (χ2n) is 12.7. The number of morpholine rings is 1. The zero-order chi connectivity index (χ0) is 29.5. The third-order valence-corrected chi connectivity index (χ3v) is 11.6. The second kappa shape index (κ2) is 11.5. The van der Waals surface area contributed by atoms with Crippen molar-refractivity contribution in [3.8, 4) is 11.3 Å². The number of nitrogens with one attached hydrogen (secondary N) is 1. The molecule has 0 amide bonds. The first-order chi connectivity index (χ1) is 18.5. The van der Waals surface area contributed by atoms with Crippen molar-refractivity contribution in [2.75, 3.05) is 26.3 Å². The van der Waals surface area contributed by atoms with Crippen LogP contribution in [0.15, 0.2) is 34.1 Å². The molecule has 0 unspecified atom stereocenters. The number of benzene rings is 1. The van der Waals surface area contributed by atoms with Gasteiger partial charge in [-0.25, -0.2) is 21.6 Å². The molecule has 2 aromatic rings. The van der Waals surface area contributed by atoms with Crippen molar-refractivity contribution in [3.63, 3.8) is 0 Å². The Morgan fingerprint density at radius 1 is 0.950 bits per heavy atom. The Kier molecular flexibility index (Phi) is 8.96. The second-order valence-corrected chi connectivity index (χ2v) is 16.3. The minimum atomic E-state index is -3.94. The van der Waals surface area contributed by atoms with Crippen molar-refractivity contribution in [3.05, 3.63) is 35.5 Å². The highest BCUT2D eigenvalue weighted by Crippen LogP contribution is 2.37. The number of rotatable bonds is 8. The number of aromatic nitrogens is 1. The molecule has 2 heterocycles. The van der Waals surface area contributed by atoms with E-state index in [2.05, 4.69) is 9.29 Å². The van der Waals surface area contributed by atoms with E-state index in [9.17, 15) is 21.9 Å². The molecule has 2 fully saturated rings.